The number of para-hydroxylation sites is 1. The minimum Gasteiger partial charge on any atom is -0.332 e. The van der Waals surface area contributed by atoms with E-state index in [0.717, 1.165) is 37.4 Å². The summed E-state index contributed by atoms with van der Waals surface area (Å²) in [6.45, 7) is 4.89. The minimum atomic E-state index is 0.819. The number of nitrogens with one attached hydrogen (secondary N) is 1. The van der Waals surface area contributed by atoms with Gasteiger partial charge in [-0.2, -0.15) is 0 Å². The van der Waals surface area contributed by atoms with Crippen LogP contribution in [-0.2, 0) is 26.1 Å². The number of nitrogens with zero attached hydrogens (tertiary/aromatic N) is 3. The number of hydrogen-bond donors (Lipinski definition) is 1. The second-order valence-electron chi connectivity index (χ2n) is 6.26. The van der Waals surface area contributed by atoms with Gasteiger partial charge in [0.2, 0.25) is 0 Å². The highest BCUT2D eigenvalue weighted by atomic mass is 15.1. The summed E-state index contributed by atoms with van der Waals surface area (Å²) >= 11 is 0. The molecule has 0 saturated carbocycles. The van der Waals surface area contributed by atoms with Crippen LogP contribution in [0.15, 0.2) is 36.5 Å². The van der Waals surface area contributed by atoms with Gasteiger partial charge in [-0.05, 0) is 37.8 Å². The molecule has 1 aliphatic rings. The van der Waals surface area contributed by atoms with Crippen LogP contribution in [0.25, 0.3) is 10.9 Å². The van der Waals surface area contributed by atoms with Gasteiger partial charge in [0.05, 0.1) is 11.2 Å². The first-order chi connectivity index (χ1) is 11.3. The first-order valence-corrected chi connectivity index (χ1v) is 8.41. The molecule has 3 aromatic rings. The molecule has 1 aromatic carbocycles. The SMILES string of the molecule is Cc1nc(CNCc2cccc3cccnc23)c2n1CCCC2. The Labute approximate surface area is 136 Å². The molecule has 0 amide bonds. The van der Waals surface area contributed by atoms with E-state index in [4.69, 9.17) is 4.98 Å². The second kappa shape index (κ2) is 6.13. The molecule has 3 heterocycles. The zero-order chi connectivity index (χ0) is 15.6. The van der Waals surface area contributed by atoms with Crippen molar-refractivity contribution >= 4 is 10.9 Å². The van der Waals surface area contributed by atoms with E-state index in [1.165, 1.54) is 35.2 Å². The summed E-state index contributed by atoms with van der Waals surface area (Å²) in [4.78, 5) is 9.29. The van der Waals surface area contributed by atoms with Crippen LogP contribution in [0.1, 0.15) is 35.6 Å². The lowest BCUT2D eigenvalue weighted by molar-refractivity contribution is 0.518. The maximum atomic E-state index is 4.77. The smallest absolute Gasteiger partial charge is 0.106 e. The molecule has 0 saturated heterocycles. The zero-order valence-corrected chi connectivity index (χ0v) is 13.5. The summed E-state index contributed by atoms with van der Waals surface area (Å²) in [5.74, 6) is 1.16. The van der Waals surface area contributed by atoms with E-state index in [2.05, 4.69) is 46.1 Å². The second-order valence-corrected chi connectivity index (χ2v) is 6.26. The van der Waals surface area contributed by atoms with Gasteiger partial charge in [0.15, 0.2) is 0 Å². The summed E-state index contributed by atoms with van der Waals surface area (Å²) in [6.07, 6.45) is 5.58. The van der Waals surface area contributed by atoms with Gasteiger partial charge in [-0.15, -0.1) is 0 Å². The van der Waals surface area contributed by atoms with Gasteiger partial charge in [0.1, 0.15) is 5.82 Å². The van der Waals surface area contributed by atoms with E-state index < -0.39 is 0 Å². The maximum absolute atomic E-state index is 4.77. The van der Waals surface area contributed by atoms with Crippen LogP contribution in [0, 0.1) is 6.92 Å². The van der Waals surface area contributed by atoms with Gasteiger partial charge in [-0.1, -0.05) is 24.3 Å². The van der Waals surface area contributed by atoms with Crippen molar-refractivity contribution in [1.82, 2.24) is 19.9 Å². The molecule has 118 valence electrons. The fourth-order valence-corrected chi connectivity index (χ4v) is 3.58. The Bertz CT molecular complexity index is 829. The zero-order valence-electron chi connectivity index (χ0n) is 13.5. The largest absolute Gasteiger partial charge is 0.332 e. The van der Waals surface area contributed by atoms with Crippen molar-refractivity contribution in [3.8, 4) is 0 Å². The summed E-state index contributed by atoms with van der Waals surface area (Å²) in [6, 6.07) is 10.5. The van der Waals surface area contributed by atoms with E-state index in [1.54, 1.807) is 0 Å². The van der Waals surface area contributed by atoms with Crippen LogP contribution in [0.5, 0.6) is 0 Å². The van der Waals surface area contributed by atoms with Crippen molar-refractivity contribution in [3.63, 3.8) is 0 Å². The monoisotopic (exact) mass is 306 g/mol. The molecule has 4 nitrogen and oxygen atoms in total. The molecule has 0 spiro atoms. The minimum absolute atomic E-state index is 0.819. The lowest BCUT2D eigenvalue weighted by Crippen LogP contribution is -2.17. The van der Waals surface area contributed by atoms with Crippen molar-refractivity contribution in [1.29, 1.82) is 0 Å². The fourth-order valence-electron chi connectivity index (χ4n) is 3.58. The molecular formula is C19H22N4. The van der Waals surface area contributed by atoms with Crippen LogP contribution in [-0.4, -0.2) is 14.5 Å². The number of aryl methyl sites for hydroxylation is 1. The number of fused-ring (bicyclic) bond motifs is 2. The van der Waals surface area contributed by atoms with Gasteiger partial charge in [-0.3, -0.25) is 4.98 Å². The highest BCUT2D eigenvalue weighted by molar-refractivity contribution is 5.81. The highest BCUT2D eigenvalue weighted by Gasteiger charge is 2.17. The van der Waals surface area contributed by atoms with Crippen molar-refractivity contribution in [2.75, 3.05) is 0 Å². The summed E-state index contributed by atoms with van der Waals surface area (Å²) < 4.78 is 2.39. The summed E-state index contributed by atoms with van der Waals surface area (Å²) in [5, 5.41) is 4.75. The number of pyridine rings is 1. The van der Waals surface area contributed by atoms with Gasteiger partial charge in [0.25, 0.3) is 0 Å². The lowest BCUT2D eigenvalue weighted by atomic mass is 10.1. The molecule has 0 bridgehead atoms. The molecule has 0 radical (unpaired) electrons. The summed E-state index contributed by atoms with van der Waals surface area (Å²) in [7, 11) is 0. The van der Waals surface area contributed by atoms with Crippen LogP contribution in [0.4, 0.5) is 0 Å². The van der Waals surface area contributed by atoms with E-state index in [9.17, 15) is 0 Å². The molecule has 4 rings (SSSR count). The Morgan fingerprint density at radius 2 is 2.04 bits per heavy atom. The number of hydrogen-bond acceptors (Lipinski definition) is 3. The molecular weight excluding hydrogens is 284 g/mol. The number of aromatic nitrogens is 3. The van der Waals surface area contributed by atoms with Crippen LogP contribution in [0.3, 0.4) is 0 Å². The fraction of sp³-hybridized carbons (Fsp3) is 0.368. The normalized spacial score (nSPS) is 14.1. The van der Waals surface area contributed by atoms with Crippen LogP contribution in [0.2, 0.25) is 0 Å². The lowest BCUT2D eigenvalue weighted by Gasteiger charge is -2.16. The summed E-state index contributed by atoms with van der Waals surface area (Å²) in [5.41, 5.74) is 4.98. The molecule has 1 aliphatic heterocycles. The molecule has 4 heteroatoms. The standard InChI is InChI=1S/C19H22N4/c1-14-22-17(18-9-2-3-11-23(14)18)13-20-12-16-7-4-6-15-8-5-10-21-19(15)16/h4-8,10,20H,2-3,9,11-13H2,1H3. The topological polar surface area (TPSA) is 42.7 Å². The molecule has 0 aliphatic carbocycles. The van der Waals surface area contributed by atoms with Gasteiger partial charge in [0, 0.05) is 36.9 Å². The Balaban J connectivity index is 1.50. The average Bonchev–Trinajstić information content (AvgIpc) is 2.92. The Hall–Kier alpha value is -2.20. The van der Waals surface area contributed by atoms with E-state index >= 15 is 0 Å². The molecule has 0 unspecified atom stereocenters. The Kier molecular flexibility index (Phi) is 3.83. The van der Waals surface area contributed by atoms with Crippen molar-refractivity contribution in [3.05, 3.63) is 59.3 Å². The first kappa shape index (κ1) is 14.4. The number of benzene rings is 1. The molecule has 0 fully saturated rings. The Morgan fingerprint density at radius 1 is 1.13 bits per heavy atom. The average molecular weight is 306 g/mol. The highest BCUT2D eigenvalue weighted by Crippen LogP contribution is 2.21. The predicted octanol–water partition coefficient (Wildman–Crippen LogP) is 3.37. The van der Waals surface area contributed by atoms with Gasteiger partial charge < -0.3 is 9.88 Å². The molecule has 23 heavy (non-hydrogen) atoms. The maximum Gasteiger partial charge on any atom is 0.106 e. The van der Waals surface area contributed by atoms with Crippen LogP contribution < -0.4 is 5.32 Å². The molecule has 0 atom stereocenters. The third-order valence-electron chi connectivity index (χ3n) is 4.72. The quantitative estimate of drug-likeness (QED) is 0.803. The van der Waals surface area contributed by atoms with Crippen molar-refractivity contribution in [2.45, 2.75) is 45.8 Å². The first-order valence-electron chi connectivity index (χ1n) is 8.41. The van der Waals surface area contributed by atoms with Gasteiger partial charge in [-0.25, -0.2) is 4.98 Å². The number of imidazole rings is 1. The van der Waals surface area contributed by atoms with Crippen molar-refractivity contribution in [2.24, 2.45) is 0 Å². The molecule has 2 aromatic heterocycles. The molecule has 1 N–H and O–H groups in total. The van der Waals surface area contributed by atoms with E-state index in [1.807, 2.05) is 12.3 Å². The predicted molar refractivity (Wildman–Crippen MR) is 92.2 cm³/mol. The van der Waals surface area contributed by atoms with E-state index in [-0.39, 0.29) is 0 Å². The third kappa shape index (κ3) is 2.75. The van der Waals surface area contributed by atoms with Gasteiger partial charge >= 0.3 is 0 Å². The van der Waals surface area contributed by atoms with E-state index in [0.29, 0.717) is 0 Å². The number of rotatable bonds is 4. The third-order valence-corrected chi connectivity index (χ3v) is 4.72. The Morgan fingerprint density at radius 3 is 3.00 bits per heavy atom. The van der Waals surface area contributed by atoms with Crippen molar-refractivity contribution < 1.29 is 0 Å². The van der Waals surface area contributed by atoms with Crippen LogP contribution >= 0.6 is 0 Å².